The fraction of sp³-hybridized carbons (Fsp3) is 0.500. The summed E-state index contributed by atoms with van der Waals surface area (Å²) in [7, 11) is 0. The first kappa shape index (κ1) is 14.3. The average Bonchev–Trinajstić information content (AvgIpc) is 2.39. The van der Waals surface area contributed by atoms with E-state index in [1.165, 1.54) is 0 Å². The summed E-state index contributed by atoms with van der Waals surface area (Å²) in [6.07, 6.45) is 0.737. The molecule has 0 spiro atoms. The second kappa shape index (κ2) is 5.47. The molecule has 0 aromatic carbocycles. The van der Waals surface area contributed by atoms with Crippen molar-refractivity contribution < 1.29 is 14.6 Å². The van der Waals surface area contributed by atoms with Crippen molar-refractivity contribution in [3.05, 3.63) is 23.0 Å². The van der Waals surface area contributed by atoms with E-state index < -0.39 is 11.5 Å². The van der Waals surface area contributed by atoms with Gasteiger partial charge in [0.1, 0.15) is 11.6 Å². The highest BCUT2D eigenvalue weighted by atomic mass is 16.5. The van der Waals surface area contributed by atoms with Crippen molar-refractivity contribution in [1.82, 2.24) is 4.98 Å². The number of hydrogen-bond donors (Lipinski definition) is 2. The highest BCUT2D eigenvalue weighted by Crippen LogP contribution is 2.29. The predicted octanol–water partition coefficient (Wildman–Crippen LogP) is 1.62. The Morgan fingerprint density at radius 3 is 2.70 bits per heavy atom. The summed E-state index contributed by atoms with van der Waals surface area (Å²) in [5, 5.41) is 21.8. The van der Waals surface area contributed by atoms with Crippen LogP contribution >= 0.6 is 0 Å². The molecule has 0 radical (unpaired) electrons. The van der Waals surface area contributed by atoms with Gasteiger partial charge in [-0.25, -0.2) is 4.79 Å². The number of rotatable bonds is 3. The number of hydrogen-bond acceptors (Lipinski definition) is 5. The fourth-order valence-electron chi connectivity index (χ4n) is 2.44. The molecule has 1 fully saturated rings. The van der Waals surface area contributed by atoms with Crippen LogP contribution < -0.4 is 5.32 Å². The Bertz CT molecular complexity index is 572. The number of carboxylic acid groups (broad SMARTS) is 1. The number of aromatic nitrogens is 1. The second-order valence-corrected chi connectivity index (χ2v) is 5.01. The lowest BCUT2D eigenvalue weighted by molar-refractivity contribution is -0.145. The van der Waals surface area contributed by atoms with Gasteiger partial charge in [-0.1, -0.05) is 0 Å². The smallest absolute Gasteiger partial charge is 0.329 e. The van der Waals surface area contributed by atoms with Gasteiger partial charge in [-0.05, 0) is 19.9 Å². The van der Waals surface area contributed by atoms with Crippen LogP contribution in [0.2, 0.25) is 0 Å². The molecule has 0 unspecified atom stereocenters. The number of carbonyl (C=O) groups is 1. The lowest BCUT2D eigenvalue weighted by Crippen LogP contribution is -2.50. The van der Waals surface area contributed by atoms with Crippen LogP contribution in [0.5, 0.6) is 0 Å². The Morgan fingerprint density at radius 1 is 1.50 bits per heavy atom. The number of aliphatic carboxylic acids is 1. The number of nitriles is 1. The van der Waals surface area contributed by atoms with Crippen molar-refractivity contribution in [3.8, 4) is 6.07 Å². The number of carboxylic acids is 1. The number of nitrogens with one attached hydrogen (secondary N) is 1. The highest BCUT2D eigenvalue weighted by Gasteiger charge is 2.40. The van der Waals surface area contributed by atoms with Gasteiger partial charge in [-0.15, -0.1) is 0 Å². The molecule has 106 valence electrons. The summed E-state index contributed by atoms with van der Waals surface area (Å²) in [6.45, 7) is 4.35. The largest absolute Gasteiger partial charge is 0.480 e. The Labute approximate surface area is 117 Å². The maximum absolute atomic E-state index is 11.6. The van der Waals surface area contributed by atoms with Crippen LogP contribution in [0.15, 0.2) is 6.07 Å². The quantitative estimate of drug-likeness (QED) is 0.870. The Balaban J connectivity index is 2.41. The maximum atomic E-state index is 11.6. The second-order valence-electron chi connectivity index (χ2n) is 5.01. The number of anilines is 1. The first-order valence-electron chi connectivity index (χ1n) is 6.46. The van der Waals surface area contributed by atoms with Crippen LogP contribution in [0.3, 0.4) is 0 Å². The van der Waals surface area contributed by atoms with Crippen molar-refractivity contribution in [2.75, 3.05) is 18.5 Å². The molecular weight excluding hydrogens is 258 g/mol. The molecule has 2 rings (SSSR count). The van der Waals surface area contributed by atoms with Gasteiger partial charge < -0.3 is 15.2 Å². The third kappa shape index (κ3) is 2.58. The molecular formula is C14H17N3O3. The highest BCUT2D eigenvalue weighted by molar-refractivity contribution is 5.83. The number of aryl methyl sites for hydroxylation is 2. The number of nitrogens with zero attached hydrogens (tertiary/aromatic N) is 2. The first-order valence-corrected chi connectivity index (χ1v) is 6.46. The molecule has 1 saturated heterocycles. The number of ether oxygens (including phenoxy) is 1. The van der Waals surface area contributed by atoms with Crippen LogP contribution in [0.25, 0.3) is 0 Å². The van der Waals surface area contributed by atoms with Crippen molar-refractivity contribution in [3.63, 3.8) is 0 Å². The van der Waals surface area contributed by atoms with Crippen molar-refractivity contribution in [2.45, 2.75) is 32.2 Å². The molecule has 1 aliphatic rings. The molecule has 6 nitrogen and oxygen atoms in total. The maximum Gasteiger partial charge on any atom is 0.329 e. The predicted molar refractivity (Wildman–Crippen MR) is 72.5 cm³/mol. The van der Waals surface area contributed by atoms with E-state index in [-0.39, 0.29) is 0 Å². The van der Waals surface area contributed by atoms with Crippen LogP contribution in [-0.2, 0) is 9.53 Å². The van der Waals surface area contributed by atoms with Crippen LogP contribution in [-0.4, -0.2) is 34.8 Å². The SMILES string of the molecule is Cc1cc(NC2(C(=O)O)CCOCC2)c(C#N)c(C)n1. The molecule has 1 aromatic rings. The summed E-state index contributed by atoms with van der Waals surface area (Å²) >= 11 is 0. The van der Waals surface area contributed by atoms with E-state index in [4.69, 9.17) is 4.74 Å². The summed E-state index contributed by atoms with van der Waals surface area (Å²) in [6, 6.07) is 3.80. The van der Waals surface area contributed by atoms with Gasteiger partial charge in [-0.2, -0.15) is 5.26 Å². The molecule has 1 aromatic heterocycles. The molecule has 20 heavy (non-hydrogen) atoms. The van der Waals surface area contributed by atoms with E-state index in [0.29, 0.717) is 43.0 Å². The summed E-state index contributed by atoms with van der Waals surface area (Å²) in [4.78, 5) is 15.9. The van der Waals surface area contributed by atoms with E-state index in [0.717, 1.165) is 5.69 Å². The van der Waals surface area contributed by atoms with Crippen molar-refractivity contribution in [1.29, 1.82) is 5.26 Å². The van der Waals surface area contributed by atoms with Crippen molar-refractivity contribution in [2.24, 2.45) is 0 Å². The molecule has 0 bridgehead atoms. The van der Waals surface area contributed by atoms with Crippen LogP contribution in [0.1, 0.15) is 29.8 Å². The van der Waals surface area contributed by atoms with E-state index >= 15 is 0 Å². The zero-order chi connectivity index (χ0) is 14.8. The average molecular weight is 275 g/mol. The molecule has 2 N–H and O–H groups in total. The lowest BCUT2D eigenvalue weighted by atomic mass is 9.89. The summed E-state index contributed by atoms with van der Waals surface area (Å²) in [5.74, 6) is -0.920. The fourth-order valence-corrected chi connectivity index (χ4v) is 2.44. The first-order chi connectivity index (χ1) is 9.48. The van der Waals surface area contributed by atoms with E-state index in [2.05, 4.69) is 16.4 Å². The molecule has 0 amide bonds. The van der Waals surface area contributed by atoms with Gasteiger partial charge in [0.2, 0.25) is 0 Å². The normalized spacial score (nSPS) is 17.2. The zero-order valence-electron chi connectivity index (χ0n) is 11.6. The Kier molecular flexibility index (Phi) is 3.91. The van der Waals surface area contributed by atoms with E-state index in [1.54, 1.807) is 13.0 Å². The lowest BCUT2D eigenvalue weighted by Gasteiger charge is -2.35. The molecule has 0 atom stereocenters. The summed E-state index contributed by atoms with van der Waals surface area (Å²) < 4.78 is 5.24. The third-order valence-corrected chi connectivity index (χ3v) is 3.57. The van der Waals surface area contributed by atoms with E-state index in [1.807, 2.05) is 6.92 Å². The van der Waals surface area contributed by atoms with Crippen molar-refractivity contribution >= 4 is 11.7 Å². The molecule has 1 aliphatic heterocycles. The molecule has 2 heterocycles. The third-order valence-electron chi connectivity index (χ3n) is 3.57. The molecule has 0 saturated carbocycles. The molecule has 0 aliphatic carbocycles. The van der Waals surface area contributed by atoms with Gasteiger partial charge in [-0.3, -0.25) is 4.98 Å². The summed E-state index contributed by atoms with van der Waals surface area (Å²) in [5.41, 5.74) is 1.19. The van der Waals surface area contributed by atoms with E-state index in [9.17, 15) is 15.2 Å². The van der Waals surface area contributed by atoms with Gasteiger partial charge in [0.15, 0.2) is 0 Å². The zero-order valence-corrected chi connectivity index (χ0v) is 11.6. The van der Waals surface area contributed by atoms with Crippen LogP contribution in [0, 0.1) is 25.2 Å². The minimum absolute atomic E-state index is 0.369. The Hall–Kier alpha value is -2.13. The Morgan fingerprint density at radius 2 is 2.15 bits per heavy atom. The minimum atomic E-state index is -1.08. The van der Waals surface area contributed by atoms with Gasteiger partial charge in [0.25, 0.3) is 0 Å². The van der Waals surface area contributed by atoms with Crippen LogP contribution in [0.4, 0.5) is 5.69 Å². The van der Waals surface area contributed by atoms with Gasteiger partial charge in [0, 0.05) is 31.7 Å². The standard InChI is InChI=1S/C14H17N3O3/c1-9-7-12(11(8-15)10(2)16-9)17-14(13(18)19)3-5-20-6-4-14/h7H,3-6H2,1-2H3,(H,16,17)(H,18,19). The molecule has 6 heteroatoms. The minimum Gasteiger partial charge on any atom is -0.480 e. The topological polar surface area (TPSA) is 95.2 Å². The monoisotopic (exact) mass is 275 g/mol. The number of pyridine rings is 1. The van der Waals surface area contributed by atoms with Gasteiger partial charge >= 0.3 is 5.97 Å². The van der Waals surface area contributed by atoms with Gasteiger partial charge in [0.05, 0.1) is 16.9 Å².